The highest BCUT2D eigenvalue weighted by atomic mass is 19.3. The number of piperazine rings is 1. The number of likely N-dealkylation sites (N-methyl/N-ethyl adjacent to an activating group) is 1. The van der Waals surface area contributed by atoms with Crippen LogP contribution in [0.25, 0.3) is 11.4 Å². The van der Waals surface area contributed by atoms with E-state index in [1.807, 2.05) is 36.3 Å². The van der Waals surface area contributed by atoms with Gasteiger partial charge in [-0.1, -0.05) is 62.1 Å². The lowest BCUT2D eigenvalue weighted by molar-refractivity contribution is 0.149. The number of hydrogen-bond acceptors (Lipinski definition) is 5. The Balaban J connectivity index is 1.88. The maximum atomic E-state index is 12.8. The second-order valence-corrected chi connectivity index (χ2v) is 9.60. The van der Waals surface area contributed by atoms with Crippen LogP contribution in [0.2, 0.25) is 0 Å². The van der Waals surface area contributed by atoms with Crippen molar-refractivity contribution in [2.75, 3.05) is 38.7 Å². The van der Waals surface area contributed by atoms with Crippen LogP contribution in [-0.4, -0.2) is 60.7 Å². The van der Waals surface area contributed by atoms with Crippen molar-refractivity contribution < 1.29 is 8.78 Å². The molecule has 1 aliphatic heterocycles. The van der Waals surface area contributed by atoms with E-state index in [2.05, 4.69) is 72.0 Å². The minimum Gasteiger partial charge on any atom is -0.369 e. The van der Waals surface area contributed by atoms with Gasteiger partial charge in [0.25, 0.3) is 0 Å². The van der Waals surface area contributed by atoms with Gasteiger partial charge in [-0.05, 0) is 56.1 Å². The number of allylic oxidation sites excluding steroid dienone is 3. The van der Waals surface area contributed by atoms with Gasteiger partial charge in [-0.15, -0.1) is 0 Å². The summed E-state index contributed by atoms with van der Waals surface area (Å²) < 4.78 is 25.7. The van der Waals surface area contributed by atoms with Gasteiger partial charge in [0.1, 0.15) is 0 Å². The van der Waals surface area contributed by atoms with E-state index in [4.69, 9.17) is 0 Å². The fourth-order valence-corrected chi connectivity index (χ4v) is 4.64. The first kappa shape index (κ1) is 29.8. The Kier molecular flexibility index (Phi) is 11.5. The molecule has 0 amide bonds. The standard InChI is InChI=1S/C32H41F2N5/c1-6-9-31(38-21-19-37(5)20-22-38)29-15-14-28(23-25(29)4)36-39(18-17-35-16-7-2)30(8-3)27-12-10-26(11-13-27)24-32(33)34/h7-18,23,32,36H,2,6,19-22,24H2,1,3-5H3/b18-17-,30-8-,31-9-,35-16-. The van der Waals surface area contributed by atoms with Crippen LogP contribution < -0.4 is 5.43 Å². The first-order chi connectivity index (χ1) is 18.9. The molecule has 0 atom stereocenters. The highest BCUT2D eigenvalue weighted by molar-refractivity contribution is 5.72. The zero-order chi connectivity index (χ0) is 28.2. The van der Waals surface area contributed by atoms with Crippen LogP contribution in [0.5, 0.6) is 0 Å². The molecule has 0 spiro atoms. The average molecular weight is 534 g/mol. The fourth-order valence-electron chi connectivity index (χ4n) is 4.64. The number of aryl methyl sites for hydroxylation is 1. The first-order valence-electron chi connectivity index (χ1n) is 13.5. The van der Waals surface area contributed by atoms with Gasteiger partial charge in [-0.2, -0.15) is 0 Å². The molecule has 1 N–H and O–H groups in total. The lowest BCUT2D eigenvalue weighted by Crippen LogP contribution is -2.43. The normalized spacial score (nSPS) is 15.5. The molecule has 39 heavy (non-hydrogen) atoms. The second kappa shape index (κ2) is 15.0. The topological polar surface area (TPSA) is 34.1 Å². The van der Waals surface area contributed by atoms with Crippen LogP contribution in [0, 0.1) is 6.92 Å². The van der Waals surface area contributed by atoms with Crippen LogP contribution >= 0.6 is 0 Å². The van der Waals surface area contributed by atoms with Gasteiger partial charge in [0.05, 0.1) is 11.4 Å². The van der Waals surface area contributed by atoms with E-state index in [9.17, 15) is 8.78 Å². The lowest BCUT2D eigenvalue weighted by Gasteiger charge is -2.36. The van der Waals surface area contributed by atoms with Gasteiger partial charge < -0.3 is 9.80 Å². The SMILES string of the molecule is C=C/C=N\C=C/N(Nc1ccc(/C(=C/CC)N2CCN(C)CC2)c(C)c1)/C(=C\C)c1ccc(CC(F)F)cc1. The number of alkyl halides is 2. The van der Waals surface area contributed by atoms with Gasteiger partial charge in [-0.3, -0.25) is 15.4 Å². The Morgan fingerprint density at radius 3 is 2.44 bits per heavy atom. The molecule has 0 aliphatic carbocycles. The lowest BCUT2D eigenvalue weighted by atomic mass is 10.0. The van der Waals surface area contributed by atoms with E-state index >= 15 is 0 Å². The predicted octanol–water partition coefficient (Wildman–Crippen LogP) is 7.22. The smallest absolute Gasteiger partial charge is 0.242 e. The number of anilines is 1. The summed E-state index contributed by atoms with van der Waals surface area (Å²) in [6.07, 6.45) is 9.40. The van der Waals surface area contributed by atoms with Crippen molar-refractivity contribution in [3.8, 4) is 0 Å². The number of halogens is 2. The maximum Gasteiger partial charge on any atom is 0.242 e. The number of benzene rings is 2. The summed E-state index contributed by atoms with van der Waals surface area (Å²) in [4.78, 5) is 9.08. The zero-order valence-electron chi connectivity index (χ0n) is 23.6. The van der Waals surface area contributed by atoms with Crippen molar-refractivity contribution in [3.05, 3.63) is 102 Å². The molecule has 1 saturated heterocycles. The van der Waals surface area contributed by atoms with E-state index < -0.39 is 6.43 Å². The Hall–Kier alpha value is -3.71. The van der Waals surface area contributed by atoms with Gasteiger partial charge in [0.15, 0.2) is 0 Å². The van der Waals surface area contributed by atoms with Gasteiger partial charge >= 0.3 is 0 Å². The van der Waals surface area contributed by atoms with Crippen LogP contribution in [0.4, 0.5) is 14.5 Å². The number of rotatable bonds is 12. The number of nitrogens with zero attached hydrogens (tertiary/aromatic N) is 4. The highest BCUT2D eigenvalue weighted by Gasteiger charge is 2.19. The molecule has 0 saturated carbocycles. The number of hydrazine groups is 1. The first-order valence-corrected chi connectivity index (χ1v) is 13.5. The Bertz CT molecular complexity index is 1190. The van der Waals surface area contributed by atoms with Crippen molar-refractivity contribution in [1.29, 1.82) is 0 Å². The van der Waals surface area contributed by atoms with Crippen molar-refractivity contribution in [2.45, 2.75) is 40.0 Å². The van der Waals surface area contributed by atoms with Crippen LogP contribution in [0.1, 0.15) is 42.5 Å². The molecule has 0 bridgehead atoms. The summed E-state index contributed by atoms with van der Waals surface area (Å²) in [5.41, 5.74) is 10.5. The van der Waals surface area contributed by atoms with Gasteiger partial charge in [-0.25, -0.2) is 8.78 Å². The van der Waals surface area contributed by atoms with E-state index in [-0.39, 0.29) is 6.42 Å². The van der Waals surface area contributed by atoms with E-state index in [0.717, 1.165) is 49.5 Å². The number of aliphatic imine (C=N–C) groups is 1. The van der Waals surface area contributed by atoms with Crippen molar-refractivity contribution >= 4 is 23.3 Å². The molecule has 0 radical (unpaired) electrons. The van der Waals surface area contributed by atoms with Crippen LogP contribution in [-0.2, 0) is 6.42 Å². The molecule has 2 aromatic rings. The second-order valence-electron chi connectivity index (χ2n) is 9.60. The number of nitrogens with one attached hydrogen (secondary N) is 1. The van der Waals surface area contributed by atoms with Crippen molar-refractivity contribution in [1.82, 2.24) is 14.8 Å². The summed E-state index contributed by atoms with van der Waals surface area (Å²) in [5.74, 6) is 0. The van der Waals surface area contributed by atoms with Gasteiger partial charge in [0.2, 0.25) is 6.43 Å². The third-order valence-electron chi connectivity index (χ3n) is 6.66. The Labute approximate surface area is 232 Å². The predicted molar refractivity (Wildman–Crippen MR) is 162 cm³/mol. The molecule has 1 fully saturated rings. The quantitative estimate of drug-likeness (QED) is 0.231. The molecule has 3 rings (SSSR count). The highest BCUT2D eigenvalue weighted by Crippen LogP contribution is 2.28. The molecular formula is C32H41F2N5. The van der Waals surface area contributed by atoms with E-state index in [0.29, 0.717) is 5.56 Å². The third kappa shape index (κ3) is 8.65. The van der Waals surface area contributed by atoms with Crippen molar-refractivity contribution in [3.63, 3.8) is 0 Å². The average Bonchev–Trinajstić information content (AvgIpc) is 2.91. The van der Waals surface area contributed by atoms with Gasteiger partial charge in [0, 0.05) is 62.5 Å². The Morgan fingerprint density at radius 1 is 1.13 bits per heavy atom. The molecule has 0 unspecified atom stereocenters. The summed E-state index contributed by atoms with van der Waals surface area (Å²) >= 11 is 0. The molecular weight excluding hydrogens is 492 g/mol. The van der Waals surface area contributed by atoms with Crippen molar-refractivity contribution in [2.24, 2.45) is 4.99 Å². The Morgan fingerprint density at radius 2 is 1.85 bits per heavy atom. The molecule has 0 aromatic heterocycles. The van der Waals surface area contributed by atoms with Crippen LogP contribution in [0.15, 0.2) is 84.7 Å². The molecule has 2 aromatic carbocycles. The fraction of sp³-hybridized carbons (Fsp3) is 0.344. The van der Waals surface area contributed by atoms with Crippen LogP contribution in [0.3, 0.4) is 0 Å². The van der Waals surface area contributed by atoms with E-state index in [1.54, 1.807) is 30.6 Å². The summed E-state index contributed by atoms with van der Waals surface area (Å²) in [6.45, 7) is 14.1. The molecule has 5 nitrogen and oxygen atoms in total. The third-order valence-corrected chi connectivity index (χ3v) is 6.66. The summed E-state index contributed by atoms with van der Waals surface area (Å²) in [6, 6.07) is 13.7. The number of hydrogen-bond donors (Lipinski definition) is 1. The largest absolute Gasteiger partial charge is 0.369 e. The molecule has 1 aliphatic rings. The van der Waals surface area contributed by atoms with E-state index in [1.165, 1.54) is 16.8 Å². The molecule has 7 heteroatoms. The summed E-state index contributed by atoms with van der Waals surface area (Å²) in [5, 5.41) is 1.89. The molecule has 1 heterocycles. The zero-order valence-corrected chi connectivity index (χ0v) is 23.6. The summed E-state index contributed by atoms with van der Waals surface area (Å²) in [7, 11) is 2.17. The molecule has 208 valence electrons. The maximum absolute atomic E-state index is 12.8. The minimum absolute atomic E-state index is 0.252. The monoisotopic (exact) mass is 533 g/mol. The minimum atomic E-state index is -2.36.